The number of pyridine rings is 2. The van der Waals surface area contributed by atoms with Gasteiger partial charge in [0.1, 0.15) is 0 Å². The van der Waals surface area contributed by atoms with Gasteiger partial charge in [0.05, 0.1) is 14.2 Å². The summed E-state index contributed by atoms with van der Waals surface area (Å²) < 4.78 is 22.2. The van der Waals surface area contributed by atoms with Gasteiger partial charge in [0, 0.05) is 54.3 Å². The van der Waals surface area contributed by atoms with Crippen LogP contribution in [0.15, 0.2) is 100 Å². The summed E-state index contributed by atoms with van der Waals surface area (Å²) in [4.78, 5) is 34.6. The molecule has 0 aliphatic rings. The Balaban J connectivity index is 0.000000198. The van der Waals surface area contributed by atoms with E-state index in [1.807, 2.05) is 88.9 Å². The van der Waals surface area contributed by atoms with E-state index in [9.17, 15) is 4.79 Å². The molecule has 0 saturated carbocycles. The highest BCUT2D eigenvalue weighted by atomic mass is 16.5. The Morgan fingerprint density at radius 2 is 1.21 bits per heavy atom. The van der Waals surface area contributed by atoms with Crippen molar-refractivity contribution in [2.24, 2.45) is 0 Å². The number of Topliss-reactive ketones (excluding diaryl/α,β-unsaturated/α-hetero) is 1. The number of rotatable bonds is 11. The monoisotopic (exact) mass is 699 g/mol. The van der Waals surface area contributed by atoms with E-state index in [2.05, 4.69) is 29.7 Å². The number of nitrogens with zero attached hydrogens (tertiary/aromatic N) is 6. The summed E-state index contributed by atoms with van der Waals surface area (Å²) in [6.07, 6.45) is 3.62. The molecule has 0 aliphatic heterocycles. The van der Waals surface area contributed by atoms with E-state index < -0.39 is 0 Å². The lowest BCUT2D eigenvalue weighted by Crippen LogP contribution is -2.11. The summed E-state index contributed by atoms with van der Waals surface area (Å²) >= 11 is 0. The van der Waals surface area contributed by atoms with E-state index in [4.69, 9.17) is 24.0 Å². The maximum absolute atomic E-state index is 13.0. The molecule has 0 atom stereocenters. The van der Waals surface area contributed by atoms with Crippen molar-refractivity contribution in [2.75, 3.05) is 48.1 Å². The van der Waals surface area contributed by atoms with Crippen molar-refractivity contribution in [1.29, 1.82) is 0 Å². The maximum atomic E-state index is 13.0. The van der Waals surface area contributed by atoms with Gasteiger partial charge in [-0.05, 0) is 118 Å². The highest BCUT2D eigenvalue weighted by Gasteiger charge is 2.16. The van der Waals surface area contributed by atoms with Crippen molar-refractivity contribution >= 4 is 33.9 Å². The van der Waals surface area contributed by atoms with Gasteiger partial charge in [-0.25, -0.2) is 9.97 Å². The van der Waals surface area contributed by atoms with E-state index in [1.165, 1.54) is 0 Å². The molecule has 0 saturated heterocycles. The number of carbonyl (C=O) groups excluding carboxylic acids is 1. The van der Waals surface area contributed by atoms with Crippen molar-refractivity contribution in [3.05, 3.63) is 114 Å². The second-order valence-corrected chi connectivity index (χ2v) is 12.8. The van der Waals surface area contributed by atoms with Gasteiger partial charge in [-0.2, -0.15) is 9.97 Å². The van der Waals surface area contributed by atoms with E-state index in [0.29, 0.717) is 57.0 Å². The topological polar surface area (TPSA) is 146 Å². The van der Waals surface area contributed by atoms with Gasteiger partial charge in [0.25, 0.3) is 0 Å². The van der Waals surface area contributed by atoms with E-state index in [-0.39, 0.29) is 12.2 Å². The Kier molecular flexibility index (Phi) is 10.9. The first-order valence-corrected chi connectivity index (χ1v) is 16.6. The standard InChI is InChI=1S/C25H25N3O4.C15H16N4O/c1-28(2)15-17-10-16(13-20(29)18-7-8-21(30-3)23(14-18)31-4)11-19(12-17)25-27-24-22(32-25)6-5-9-26-24;1-19(2)9-10-6-11(8-12(16)7-10)15-18-14-13(20-15)4-3-5-17-14/h5-12,14H,13,15H2,1-4H3;3-8H,9,16H2,1-2H3. The Morgan fingerprint density at radius 1 is 0.673 bits per heavy atom. The first-order chi connectivity index (χ1) is 25.1. The highest BCUT2D eigenvalue weighted by molar-refractivity contribution is 5.98. The molecule has 7 aromatic rings. The smallest absolute Gasteiger partial charge is 0.228 e. The summed E-state index contributed by atoms with van der Waals surface area (Å²) in [7, 11) is 11.2. The highest BCUT2D eigenvalue weighted by Crippen LogP contribution is 2.30. The van der Waals surface area contributed by atoms with Crippen LogP contribution in [0.2, 0.25) is 0 Å². The number of benzene rings is 3. The van der Waals surface area contributed by atoms with Crippen LogP contribution >= 0.6 is 0 Å². The van der Waals surface area contributed by atoms with Crippen LogP contribution in [0.1, 0.15) is 27.0 Å². The molecule has 3 aromatic carbocycles. The van der Waals surface area contributed by atoms with Crippen LogP contribution in [0.4, 0.5) is 5.69 Å². The summed E-state index contributed by atoms with van der Waals surface area (Å²) in [5, 5.41) is 0. The first-order valence-electron chi connectivity index (χ1n) is 16.6. The summed E-state index contributed by atoms with van der Waals surface area (Å²) in [6.45, 7) is 1.54. The molecule has 12 nitrogen and oxygen atoms in total. The Bertz CT molecular complexity index is 2260. The van der Waals surface area contributed by atoms with E-state index in [1.54, 1.807) is 44.8 Å². The fourth-order valence-corrected chi connectivity index (χ4v) is 5.82. The van der Waals surface area contributed by atoms with Crippen LogP contribution in [0.25, 0.3) is 45.4 Å². The third kappa shape index (κ3) is 8.60. The number of carbonyl (C=O) groups is 1. The zero-order valence-electron chi connectivity index (χ0n) is 30.1. The quantitative estimate of drug-likeness (QED) is 0.110. The Hall–Kier alpha value is -6.11. The van der Waals surface area contributed by atoms with Crippen LogP contribution in [0.5, 0.6) is 11.5 Å². The van der Waals surface area contributed by atoms with Crippen LogP contribution < -0.4 is 15.2 Å². The lowest BCUT2D eigenvalue weighted by Gasteiger charge is -2.13. The molecule has 4 aromatic heterocycles. The van der Waals surface area contributed by atoms with Crippen molar-refractivity contribution in [3.63, 3.8) is 0 Å². The molecule has 2 N–H and O–H groups in total. The van der Waals surface area contributed by atoms with Crippen LogP contribution in [-0.4, -0.2) is 77.9 Å². The number of fused-ring (bicyclic) bond motifs is 2. The zero-order valence-corrected chi connectivity index (χ0v) is 30.1. The minimum absolute atomic E-state index is 0.0156. The molecular formula is C40H41N7O5. The largest absolute Gasteiger partial charge is 0.493 e. The third-order valence-corrected chi connectivity index (χ3v) is 7.96. The maximum Gasteiger partial charge on any atom is 0.228 e. The second-order valence-electron chi connectivity index (χ2n) is 12.8. The van der Waals surface area contributed by atoms with Crippen LogP contribution in [0, 0.1) is 0 Å². The molecule has 0 amide bonds. The number of aromatic nitrogens is 4. The van der Waals surface area contributed by atoms with Crippen molar-refractivity contribution < 1.29 is 23.1 Å². The molecular weight excluding hydrogens is 658 g/mol. The van der Waals surface area contributed by atoms with E-state index in [0.717, 1.165) is 40.9 Å². The van der Waals surface area contributed by atoms with Crippen LogP contribution in [0.3, 0.4) is 0 Å². The van der Waals surface area contributed by atoms with Gasteiger partial charge in [-0.3, -0.25) is 4.79 Å². The molecule has 0 unspecified atom stereocenters. The number of ether oxygens (including phenoxy) is 2. The molecule has 0 spiro atoms. The van der Waals surface area contributed by atoms with Gasteiger partial charge in [0.2, 0.25) is 11.8 Å². The molecule has 7 rings (SSSR count). The molecule has 0 radical (unpaired) electrons. The second kappa shape index (κ2) is 15.8. The number of anilines is 1. The van der Waals surface area contributed by atoms with Crippen LogP contribution in [-0.2, 0) is 19.5 Å². The minimum Gasteiger partial charge on any atom is -0.493 e. The number of hydrogen-bond donors (Lipinski definition) is 1. The Labute approximate surface area is 301 Å². The van der Waals surface area contributed by atoms with Gasteiger partial charge < -0.3 is 33.8 Å². The van der Waals surface area contributed by atoms with Crippen molar-refractivity contribution in [2.45, 2.75) is 19.5 Å². The number of ketones is 1. The fourth-order valence-electron chi connectivity index (χ4n) is 5.82. The molecule has 12 heteroatoms. The number of methoxy groups -OCH3 is 2. The number of nitrogens with two attached hydrogens (primary N) is 1. The molecule has 0 aliphatic carbocycles. The summed E-state index contributed by atoms with van der Waals surface area (Å²) in [5.41, 5.74) is 14.5. The van der Waals surface area contributed by atoms with Gasteiger partial charge in [-0.1, -0.05) is 6.07 Å². The summed E-state index contributed by atoms with van der Waals surface area (Å²) in [5.74, 6) is 2.13. The van der Waals surface area contributed by atoms with Crippen molar-refractivity contribution in [3.8, 4) is 34.4 Å². The normalized spacial score (nSPS) is 11.2. The molecule has 4 heterocycles. The lowest BCUT2D eigenvalue weighted by atomic mass is 9.98. The number of hydrogen-bond acceptors (Lipinski definition) is 12. The van der Waals surface area contributed by atoms with E-state index >= 15 is 0 Å². The predicted octanol–water partition coefficient (Wildman–Crippen LogP) is 6.93. The lowest BCUT2D eigenvalue weighted by molar-refractivity contribution is 0.0992. The SMILES string of the molecule is CN(C)Cc1cc(N)cc(-c2nc3ncccc3o2)c1.COc1ccc(C(=O)Cc2cc(CN(C)C)cc(-c3nc4ncccc4o3)c2)cc1OC. The van der Waals surface area contributed by atoms with Crippen molar-refractivity contribution in [1.82, 2.24) is 29.7 Å². The average molecular weight is 700 g/mol. The first kappa shape index (κ1) is 35.7. The third-order valence-electron chi connectivity index (χ3n) is 7.96. The molecule has 266 valence electrons. The Morgan fingerprint density at radius 3 is 1.75 bits per heavy atom. The van der Waals surface area contributed by atoms with Gasteiger partial charge >= 0.3 is 0 Å². The van der Waals surface area contributed by atoms with Gasteiger partial charge in [0.15, 0.2) is 39.7 Å². The summed E-state index contributed by atoms with van der Waals surface area (Å²) in [6, 6.07) is 24.4. The number of nitrogen functional groups attached to an aromatic ring is 1. The zero-order chi connectivity index (χ0) is 36.8. The predicted molar refractivity (Wildman–Crippen MR) is 201 cm³/mol. The minimum atomic E-state index is -0.0156. The molecule has 0 bridgehead atoms. The fraction of sp³-hybridized carbons (Fsp3) is 0.225. The van der Waals surface area contributed by atoms with Gasteiger partial charge in [-0.15, -0.1) is 0 Å². The molecule has 0 fully saturated rings. The average Bonchev–Trinajstić information content (AvgIpc) is 3.76. The number of oxazole rings is 2. The molecule has 52 heavy (non-hydrogen) atoms.